The van der Waals surface area contributed by atoms with Gasteiger partial charge in [0.15, 0.2) is 0 Å². The number of carbonyl (C=O) groups excluding carboxylic acids is 2. The Bertz CT molecular complexity index is 1240. The van der Waals surface area contributed by atoms with Gasteiger partial charge in [0.05, 0.1) is 30.2 Å². The largest absolute Gasteiger partial charge is 0.492 e. The lowest BCUT2D eigenvalue weighted by molar-refractivity contribution is -0.120. The zero-order valence-corrected chi connectivity index (χ0v) is 19.0. The number of carbonyl (C=O) groups is 2. The number of benzene rings is 3. The highest BCUT2D eigenvalue weighted by Gasteiger charge is 2.41. The minimum Gasteiger partial charge on any atom is -0.492 e. The van der Waals surface area contributed by atoms with E-state index in [0.29, 0.717) is 41.7 Å². The van der Waals surface area contributed by atoms with Crippen LogP contribution in [0.5, 0.6) is 11.5 Å². The molecule has 3 aromatic rings. The van der Waals surface area contributed by atoms with Crippen LogP contribution in [0.3, 0.4) is 0 Å². The zero-order valence-electron chi connectivity index (χ0n) is 19.0. The van der Waals surface area contributed by atoms with Gasteiger partial charge in [-0.2, -0.15) is 0 Å². The molecule has 0 saturated carbocycles. The summed E-state index contributed by atoms with van der Waals surface area (Å²) in [7, 11) is 0. The van der Waals surface area contributed by atoms with E-state index in [2.05, 4.69) is 5.32 Å². The maximum absolute atomic E-state index is 13.7. The Hall–Kier alpha value is -4.13. The first kappa shape index (κ1) is 23.0. The van der Waals surface area contributed by atoms with Crippen LogP contribution >= 0.6 is 0 Å². The number of rotatable bonds is 9. The van der Waals surface area contributed by atoms with E-state index in [4.69, 9.17) is 9.47 Å². The number of hydrogen-bond acceptors (Lipinski definition) is 5. The van der Waals surface area contributed by atoms with E-state index in [1.54, 1.807) is 42.5 Å². The van der Waals surface area contributed by atoms with Gasteiger partial charge in [-0.15, -0.1) is 0 Å². The van der Waals surface area contributed by atoms with Crippen LogP contribution in [0, 0.1) is 5.82 Å². The van der Waals surface area contributed by atoms with E-state index in [0.717, 1.165) is 11.3 Å². The van der Waals surface area contributed by atoms with Gasteiger partial charge < -0.3 is 14.8 Å². The fraction of sp³-hybridized carbons (Fsp3) is 0.185. The summed E-state index contributed by atoms with van der Waals surface area (Å²) < 4.78 is 25.1. The second kappa shape index (κ2) is 10.2. The minimum absolute atomic E-state index is 0.0778. The van der Waals surface area contributed by atoms with Crippen molar-refractivity contribution in [2.75, 3.05) is 23.4 Å². The van der Waals surface area contributed by atoms with E-state index in [9.17, 15) is 14.0 Å². The van der Waals surface area contributed by atoms with Gasteiger partial charge in [0.1, 0.15) is 23.0 Å². The van der Waals surface area contributed by atoms with Gasteiger partial charge in [-0.25, -0.2) is 9.29 Å². The molecule has 0 saturated heterocycles. The molecule has 0 radical (unpaired) electrons. The SMILES string of the molecule is CCCOc1ccccc1N1C(=O)C(Nc2ccccc2OCC)=C(c2ccc(F)cc2)C1=O. The van der Waals surface area contributed by atoms with Crippen LogP contribution in [0.15, 0.2) is 78.5 Å². The van der Waals surface area contributed by atoms with Crippen molar-refractivity contribution in [1.29, 1.82) is 0 Å². The average Bonchev–Trinajstić information content (AvgIpc) is 3.09. The number of halogens is 1. The van der Waals surface area contributed by atoms with Crippen molar-refractivity contribution in [2.24, 2.45) is 0 Å². The summed E-state index contributed by atoms with van der Waals surface area (Å²) >= 11 is 0. The van der Waals surface area contributed by atoms with Gasteiger partial charge >= 0.3 is 0 Å². The number of para-hydroxylation sites is 4. The number of ether oxygens (including phenoxy) is 2. The number of nitrogens with one attached hydrogen (secondary N) is 1. The first-order chi connectivity index (χ1) is 16.5. The lowest BCUT2D eigenvalue weighted by Gasteiger charge is -2.19. The van der Waals surface area contributed by atoms with Gasteiger partial charge in [-0.3, -0.25) is 9.59 Å². The minimum atomic E-state index is -0.539. The fourth-order valence-electron chi connectivity index (χ4n) is 3.71. The molecule has 4 rings (SSSR count). The topological polar surface area (TPSA) is 67.9 Å². The summed E-state index contributed by atoms with van der Waals surface area (Å²) in [5.41, 5.74) is 1.53. The Kier molecular flexibility index (Phi) is 6.92. The Morgan fingerprint density at radius 2 is 1.50 bits per heavy atom. The van der Waals surface area contributed by atoms with Crippen molar-refractivity contribution in [3.63, 3.8) is 0 Å². The van der Waals surface area contributed by atoms with Crippen molar-refractivity contribution < 1.29 is 23.5 Å². The Morgan fingerprint density at radius 1 is 0.824 bits per heavy atom. The summed E-state index contributed by atoms with van der Waals surface area (Å²) in [6, 6.07) is 19.5. The molecule has 0 aromatic heterocycles. The molecule has 174 valence electrons. The average molecular weight is 461 g/mol. The first-order valence-electron chi connectivity index (χ1n) is 11.1. The van der Waals surface area contributed by atoms with Gasteiger partial charge in [0.25, 0.3) is 11.8 Å². The summed E-state index contributed by atoms with van der Waals surface area (Å²) in [6.07, 6.45) is 0.774. The van der Waals surface area contributed by atoms with Crippen LogP contribution in [-0.2, 0) is 9.59 Å². The smallest absolute Gasteiger partial charge is 0.282 e. The highest BCUT2D eigenvalue weighted by atomic mass is 19.1. The molecule has 0 bridgehead atoms. The van der Waals surface area contributed by atoms with Gasteiger partial charge in [0, 0.05) is 0 Å². The molecule has 6 nitrogen and oxygen atoms in total. The Balaban J connectivity index is 1.82. The zero-order chi connectivity index (χ0) is 24.1. The second-order valence-corrected chi connectivity index (χ2v) is 7.57. The van der Waals surface area contributed by atoms with Crippen LogP contribution in [-0.4, -0.2) is 25.0 Å². The maximum Gasteiger partial charge on any atom is 0.282 e. The third kappa shape index (κ3) is 4.50. The third-order valence-electron chi connectivity index (χ3n) is 5.23. The molecule has 0 spiro atoms. The van der Waals surface area contributed by atoms with Crippen molar-refractivity contribution in [3.8, 4) is 11.5 Å². The fourth-order valence-corrected chi connectivity index (χ4v) is 3.71. The summed E-state index contributed by atoms with van der Waals surface area (Å²) in [5, 5.41) is 3.11. The first-order valence-corrected chi connectivity index (χ1v) is 11.1. The molecular weight excluding hydrogens is 435 g/mol. The number of imide groups is 1. The molecule has 1 aliphatic heterocycles. The number of hydrogen-bond donors (Lipinski definition) is 1. The summed E-state index contributed by atoms with van der Waals surface area (Å²) in [5.74, 6) is -0.530. The predicted octanol–water partition coefficient (Wildman–Crippen LogP) is 5.41. The van der Waals surface area contributed by atoms with Crippen LogP contribution in [0.1, 0.15) is 25.8 Å². The maximum atomic E-state index is 13.7. The van der Waals surface area contributed by atoms with E-state index in [1.807, 2.05) is 19.9 Å². The molecule has 1 heterocycles. The lowest BCUT2D eigenvalue weighted by Crippen LogP contribution is -2.32. The molecule has 0 atom stereocenters. The van der Waals surface area contributed by atoms with Crippen molar-refractivity contribution in [1.82, 2.24) is 0 Å². The standard InChI is InChI=1S/C27H25FN2O4/c1-3-17-34-23-12-8-6-10-21(23)30-26(31)24(18-13-15-19(28)16-14-18)25(27(30)32)29-20-9-5-7-11-22(20)33-4-2/h5-16,29H,3-4,17H2,1-2H3. The molecule has 0 fully saturated rings. The van der Waals surface area contributed by atoms with Crippen LogP contribution < -0.4 is 19.7 Å². The van der Waals surface area contributed by atoms with Gasteiger partial charge in [0.2, 0.25) is 0 Å². The van der Waals surface area contributed by atoms with Gasteiger partial charge in [-0.05, 0) is 55.3 Å². The van der Waals surface area contributed by atoms with Crippen LogP contribution in [0.2, 0.25) is 0 Å². The molecule has 3 aromatic carbocycles. The van der Waals surface area contributed by atoms with Crippen molar-refractivity contribution in [3.05, 3.63) is 89.9 Å². The van der Waals surface area contributed by atoms with Crippen LogP contribution in [0.25, 0.3) is 5.57 Å². The highest BCUT2D eigenvalue weighted by Crippen LogP contribution is 2.39. The van der Waals surface area contributed by atoms with E-state index in [1.165, 1.54) is 24.3 Å². The van der Waals surface area contributed by atoms with E-state index < -0.39 is 17.6 Å². The van der Waals surface area contributed by atoms with E-state index in [-0.39, 0.29) is 11.3 Å². The molecule has 0 aliphatic carbocycles. The molecule has 7 heteroatoms. The molecule has 2 amide bonds. The lowest BCUT2D eigenvalue weighted by atomic mass is 10.0. The highest BCUT2D eigenvalue weighted by molar-refractivity contribution is 6.46. The Labute approximate surface area is 197 Å². The summed E-state index contributed by atoms with van der Waals surface area (Å²) in [4.78, 5) is 28.4. The number of anilines is 2. The molecular formula is C27H25FN2O4. The summed E-state index contributed by atoms with van der Waals surface area (Å²) in [6.45, 7) is 4.71. The number of amides is 2. The molecule has 1 aliphatic rings. The normalized spacial score (nSPS) is 13.4. The molecule has 34 heavy (non-hydrogen) atoms. The van der Waals surface area contributed by atoms with E-state index >= 15 is 0 Å². The van der Waals surface area contributed by atoms with Crippen molar-refractivity contribution >= 4 is 28.8 Å². The van der Waals surface area contributed by atoms with Crippen molar-refractivity contribution in [2.45, 2.75) is 20.3 Å². The monoisotopic (exact) mass is 460 g/mol. The Morgan fingerprint density at radius 3 is 2.21 bits per heavy atom. The quantitative estimate of drug-likeness (QED) is 0.433. The predicted molar refractivity (Wildman–Crippen MR) is 129 cm³/mol. The number of nitrogens with zero attached hydrogens (tertiary/aromatic N) is 1. The second-order valence-electron chi connectivity index (χ2n) is 7.57. The third-order valence-corrected chi connectivity index (χ3v) is 5.23. The van der Waals surface area contributed by atoms with Gasteiger partial charge in [-0.1, -0.05) is 43.3 Å². The van der Waals surface area contributed by atoms with Crippen LogP contribution in [0.4, 0.5) is 15.8 Å². The molecule has 0 unspecified atom stereocenters. The molecule has 1 N–H and O–H groups in total.